The van der Waals surface area contributed by atoms with Gasteiger partial charge in [-0.2, -0.15) is 0 Å². The topological polar surface area (TPSA) is 228 Å². The molecule has 47 heavy (non-hydrogen) atoms. The van der Waals surface area contributed by atoms with Gasteiger partial charge in [0.05, 0.1) is 5.69 Å². The molecule has 1 aliphatic carbocycles. The predicted molar refractivity (Wildman–Crippen MR) is 176 cm³/mol. The molecule has 15 nitrogen and oxygen atoms in total. The largest absolute Gasteiger partial charge is 0.481 e. The van der Waals surface area contributed by atoms with Crippen LogP contribution in [0.4, 0.5) is 0 Å². The number of aromatic nitrogens is 1. The third-order valence-electron chi connectivity index (χ3n) is 6.61. The number of aryl methyl sites for hydroxylation is 1. The van der Waals surface area contributed by atoms with Gasteiger partial charge in [0.1, 0.15) is 24.2 Å². The number of fused-ring (bicyclic) bond motifs is 1. The van der Waals surface area contributed by atoms with E-state index < -0.39 is 42.9 Å². The monoisotopic (exact) mass is 723 g/mol. The summed E-state index contributed by atoms with van der Waals surface area (Å²) in [6.45, 7) is 3.59. The van der Waals surface area contributed by atoms with Crippen LogP contribution in [-0.4, -0.2) is 83.6 Å². The molecule has 0 spiro atoms. The molecular weight excluding hydrogens is 694 g/mol. The Kier molecular flexibility index (Phi) is 11.7. The van der Waals surface area contributed by atoms with Crippen LogP contribution in [0.1, 0.15) is 25.3 Å². The Labute approximate surface area is 281 Å². The number of allylic oxidation sites excluding steroid dienone is 2. The number of thiazole rings is 1. The third kappa shape index (κ3) is 8.91. The van der Waals surface area contributed by atoms with Gasteiger partial charge < -0.3 is 30.2 Å². The minimum atomic E-state index is -4.55. The Hall–Kier alpha value is -3.93. The molecule has 1 unspecified atom stereocenters. The molecule has 2 aromatic rings. The fourth-order valence-corrected chi connectivity index (χ4v) is 8.37. The highest BCUT2D eigenvalue weighted by atomic mass is 32.2. The fourth-order valence-electron chi connectivity index (χ4n) is 4.42. The first-order valence-corrected chi connectivity index (χ1v) is 18.1. The number of amides is 2. The van der Waals surface area contributed by atoms with Crippen LogP contribution >= 0.6 is 42.6 Å². The zero-order chi connectivity index (χ0) is 34.5. The molecule has 1 saturated heterocycles. The van der Waals surface area contributed by atoms with Crippen molar-refractivity contribution in [2.24, 2.45) is 5.16 Å². The van der Waals surface area contributed by atoms with Gasteiger partial charge in [0.15, 0.2) is 10.1 Å². The number of rotatable bonds is 11. The van der Waals surface area contributed by atoms with Crippen molar-refractivity contribution in [2.75, 3.05) is 12.9 Å². The molecule has 2 amide bonds. The normalized spacial score (nSPS) is 19.0. The van der Waals surface area contributed by atoms with E-state index in [1.807, 2.05) is 41.7 Å². The number of aliphatic carboxylic acids is 2. The summed E-state index contributed by atoms with van der Waals surface area (Å²) < 4.78 is 11.9. The van der Waals surface area contributed by atoms with Gasteiger partial charge in [-0.05, 0) is 25.0 Å². The Morgan fingerprint density at radius 1 is 1.21 bits per heavy atom. The maximum atomic E-state index is 13.2. The molecule has 2 atom stereocenters. The van der Waals surface area contributed by atoms with Crippen LogP contribution in [0.15, 0.2) is 73.2 Å². The number of benzene rings is 1. The fraction of sp³-hybridized carbons (Fsp3) is 0.286. The number of hydrogen-bond acceptors (Lipinski definition) is 11. The van der Waals surface area contributed by atoms with Crippen molar-refractivity contribution in [3.8, 4) is 11.3 Å². The number of carboxylic acids is 2. The second kappa shape index (κ2) is 15.3. The predicted octanol–water partition coefficient (Wildman–Crippen LogP) is 3.29. The second-order valence-electron chi connectivity index (χ2n) is 9.96. The smallest absolute Gasteiger partial charge is 0.427 e. The van der Waals surface area contributed by atoms with Gasteiger partial charge in [0.25, 0.3) is 11.8 Å². The Balaban J connectivity index is 0.000000930. The molecule has 1 fully saturated rings. The number of β-lactam (4-membered cyclic amide) rings is 1. The Morgan fingerprint density at radius 2 is 1.89 bits per heavy atom. The first kappa shape index (κ1) is 35.9. The van der Waals surface area contributed by atoms with E-state index in [-0.39, 0.29) is 35.7 Å². The summed E-state index contributed by atoms with van der Waals surface area (Å²) in [6.07, 6.45) is 3.17. The molecule has 3 heterocycles. The average molecular weight is 724 g/mol. The van der Waals surface area contributed by atoms with Crippen LogP contribution < -0.4 is 10.4 Å². The summed E-state index contributed by atoms with van der Waals surface area (Å²) in [5.41, 5.74) is 2.94. The number of carbonyl (C=O) groups is 4. The first-order valence-electron chi connectivity index (χ1n) is 13.7. The van der Waals surface area contributed by atoms with Gasteiger partial charge in [0.2, 0.25) is 0 Å². The molecule has 2 aliphatic heterocycles. The first-order chi connectivity index (χ1) is 22.2. The maximum Gasteiger partial charge on any atom is 0.427 e. The van der Waals surface area contributed by atoms with Crippen molar-refractivity contribution in [3.63, 3.8) is 0 Å². The van der Waals surface area contributed by atoms with Crippen LogP contribution in [-0.2, 0) is 28.6 Å². The number of thioether (sulfide) groups is 2. The zero-order valence-electron chi connectivity index (χ0n) is 25.1. The standard InChI is InChI=1S/C25H24N5O8PS3.C3H6O2/c1-12-3-5-13(6-4-12)16-10-41-25(26-16)42-17-11-40-23-19(22(32)30(23)20(17)24(33)34)27-21(31)18(28-38-2)14-7-8-15(9-14)29-39(35,36)37;1-2-3(4)5/h3-6,8-10,19,23H,7,11H2,1-2H3,(H,27,31)(H,33,34)(H3,29,35,36,37);2H2,1H3,(H,4,5)/b28-18+;/t19-,23?;/m1./s1. The Bertz CT molecular complexity index is 1750. The van der Waals surface area contributed by atoms with E-state index >= 15 is 0 Å². The second-order valence-corrected chi connectivity index (χ2v) is 14.6. The highest BCUT2D eigenvalue weighted by molar-refractivity contribution is 8.07. The van der Waals surface area contributed by atoms with Gasteiger partial charge in [-0.15, -0.1) is 23.1 Å². The summed E-state index contributed by atoms with van der Waals surface area (Å²) in [5.74, 6) is -3.05. The summed E-state index contributed by atoms with van der Waals surface area (Å²) in [6, 6.07) is 6.90. The number of nitrogens with zero attached hydrogens (tertiary/aromatic N) is 3. The van der Waals surface area contributed by atoms with Crippen LogP contribution in [0, 0.1) is 6.92 Å². The SMILES string of the molecule is CCC(=O)O.CO/N=C(/C(=O)N[C@@H]1C(=O)N2C(C(=O)O)=C(Sc3nc(-c4ccc(C)cc4)cs3)CSC12)C1=CC(NP(=O)(O)O)=CC1. The van der Waals surface area contributed by atoms with Crippen molar-refractivity contribution in [3.05, 3.63) is 69.2 Å². The summed E-state index contributed by atoms with van der Waals surface area (Å²) in [4.78, 5) is 77.3. The van der Waals surface area contributed by atoms with E-state index in [1.165, 1.54) is 59.0 Å². The summed E-state index contributed by atoms with van der Waals surface area (Å²) in [5, 5.41) is 27.4. The van der Waals surface area contributed by atoms with Crippen LogP contribution in [0.25, 0.3) is 11.3 Å². The van der Waals surface area contributed by atoms with Gasteiger partial charge in [0, 0.05) is 33.7 Å². The molecule has 1 aromatic carbocycles. The number of carboxylic acid groups (broad SMARTS) is 2. The van der Waals surface area contributed by atoms with Gasteiger partial charge in [-0.3, -0.25) is 24.4 Å². The van der Waals surface area contributed by atoms with E-state index in [1.54, 1.807) is 6.92 Å². The maximum absolute atomic E-state index is 13.2. The Morgan fingerprint density at radius 3 is 2.49 bits per heavy atom. The van der Waals surface area contributed by atoms with E-state index in [2.05, 4.69) is 15.5 Å². The lowest BCUT2D eigenvalue weighted by Crippen LogP contribution is -2.71. The average Bonchev–Trinajstić information content (AvgIpc) is 3.67. The van der Waals surface area contributed by atoms with Gasteiger partial charge in [-0.1, -0.05) is 59.7 Å². The number of nitrogens with one attached hydrogen (secondary N) is 2. The van der Waals surface area contributed by atoms with Crippen molar-refractivity contribution >= 4 is 72.1 Å². The molecule has 250 valence electrons. The summed E-state index contributed by atoms with van der Waals surface area (Å²) in [7, 11) is -3.33. The van der Waals surface area contributed by atoms with Crippen LogP contribution in [0.3, 0.4) is 0 Å². The molecule has 0 radical (unpaired) electrons. The highest BCUT2D eigenvalue weighted by Gasteiger charge is 2.54. The van der Waals surface area contributed by atoms with Gasteiger partial charge in [-0.25, -0.2) is 14.3 Å². The lowest BCUT2D eigenvalue weighted by Gasteiger charge is -2.49. The molecule has 6 N–H and O–H groups in total. The summed E-state index contributed by atoms with van der Waals surface area (Å²) >= 11 is 3.90. The van der Waals surface area contributed by atoms with Crippen molar-refractivity contribution in [1.29, 1.82) is 0 Å². The molecule has 5 rings (SSSR count). The third-order valence-corrected chi connectivity index (χ3v) is 10.6. The molecule has 0 bridgehead atoms. The van der Waals surface area contributed by atoms with E-state index in [9.17, 15) is 28.8 Å². The number of hydrogen-bond donors (Lipinski definition) is 6. The molecule has 1 aromatic heterocycles. The number of oxime groups is 1. The molecule has 0 saturated carbocycles. The highest BCUT2D eigenvalue weighted by Crippen LogP contribution is 2.46. The zero-order valence-corrected chi connectivity index (χ0v) is 28.4. The molecule has 19 heteroatoms. The van der Waals surface area contributed by atoms with Crippen LogP contribution in [0.2, 0.25) is 0 Å². The van der Waals surface area contributed by atoms with Crippen molar-refractivity contribution in [2.45, 2.75) is 42.4 Å². The van der Waals surface area contributed by atoms with Crippen molar-refractivity contribution < 1.29 is 48.6 Å². The number of carbonyl (C=O) groups excluding carboxylic acids is 2. The minimum absolute atomic E-state index is 0.108. The molecule has 3 aliphatic rings. The van der Waals surface area contributed by atoms with E-state index in [0.717, 1.165) is 16.8 Å². The quantitative estimate of drug-likeness (QED) is 0.0847. The minimum Gasteiger partial charge on any atom is -0.481 e. The van der Waals surface area contributed by atoms with Gasteiger partial charge >= 0.3 is 19.7 Å². The van der Waals surface area contributed by atoms with E-state index in [4.69, 9.17) is 19.7 Å². The van der Waals surface area contributed by atoms with E-state index in [0.29, 0.717) is 14.8 Å². The lowest BCUT2D eigenvalue weighted by atomic mass is 10.0. The lowest BCUT2D eigenvalue weighted by molar-refractivity contribution is -0.150. The van der Waals surface area contributed by atoms with Crippen LogP contribution in [0.5, 0.6) is 0 Å². The van der Waals surface area contributed by atoms with Crippen molar-refractivity contribution in [1.82, 2.24) is 20.3 Å². The molecular formula is C28H30N5O10PS3.